The molecule has 11 nitrogen and oxygen atoms in total. The van der Waals surface area contributed by atoms with Gasteiger partial charge in [-0.15, -0.1) is 0 Å². The van der Waals surface area contributed by atoms with Crippen molar-refractivity contribution in [2.24, 2.45) is 17.8 Å². The number of nitrogens with one attached hydrogen (secondary N) is 3. The molecule has 3 fully saturated rings. The summed E-state index contributed by atoms with van der Waals surface area (Å²) in [6.45, 7) is 23.0. The van der Waals surface area contributed by atoms with Crippen LogP contribution in [-0.2, 0) is 0 Å². The molecule has 9 aromatic rings. The lowest BCUT2D eigenvalue weighted by molar-refractivity contribution is 0.0894. The molecule has 3 amide bonds. The van der Waals surface area contributed by atoms with Gasteiger partial charge in [0.25, 0.3) is 17.7 Å². The van der Waals surface area contributed by atoms with E-state index in [1.54, 1.807) is 37.2 Å². The van der Waals surface area contributed by atoms with Crippen molar-refractivity contribution in [2.75, 3.05) is 0 Å². The van der Waals surface area contributed by atoms with Crippen LogP contribution in [0.5, 0.6) is 0 Å². The van der Waals surface area contributed by atoms with Gasteiger partial charge in [0.05, 0.1) is 11.4 Å². The van der Waals surface area contributed by atoms with Crippen LogP contribution in [0.25, 0.3) is 66.8 Å². The van der Waals surface area contributed by atoms with Crippen LogP contribution < -0.4 is 16.0 Å². The first-order valence-electron chi connectivity index (χ1n) is 31.6. The van der Waals surface area contributed by atoms with Crippen molar-refractivity contribution in [2.45, 2.75) is 143 Å². The van der Waals surface area contributed by atoms with Crippen LogP contribution in [0.1, 0.15) is 168 Å². The Hall–Kier alpha value is -8.45. The van der Waals surface area contributed by atoms with Gasteiger partial charge in [-0.1, -0.05) is 93.4 Å². The number of benzene rings is 6. The summed E-state index contributed by atoms with van der Waals surface area (Å²) in [5.74, 6) is 1.58. The smallest absolute Gasteiger partial charge is 0.251 e. The first-order valence-corrected chi connectivity index (χ1v) is 32.3. The fraction of sp³-hybridized carbons (Fsp3) is 0.325. The van der Waals surface area contributed by atoms with E-state index in [1.165, 1.54) is 37.8 Å². The Kier molecular flexibility index (Phi) is 19.8. The quantitative estimate of drug-likeness (QED) is 0.0815. The van der Waals surface area contributed by atoms with Gasteiger partial charge < -0.3 is 16.0 Å². The minimum atomic E-state index is -0.289. The minimum absolute atomic E-state index is 0.0412. The Labute approximate surface area is 545 Å². The lowest BCUT2D eigenvalue weighted by atomic mass is 9.92. The lowest BCUT2D eigenvalue weighted by Gasteiger charge is -2.26. The second-order valence-corrected chi connectivity index (χ2v) is 27.7. The van der Waals surface area contributed by atoms with Gasteiger partial charge >= 0.3 is 0 Å². The molecule has 91 heavy (non-hydrogen) atoms. The molecule has 3 aromatic heterocycles. The summed E-state index contributed by atoms with van der Waals surface area (Å²) >= 11 is 12.2. The highest BCUT2D eigenvalue weighted by atomic mass is 35.5. The fourth-order valence-corrected chi connectivity index (χ4v) is 12.1. The molecule has 0 atom stereocenters. The highest BCUT2D eigenvalue weighted by molar-refractivity contribution is 6.31. The molecule has 3 aliphatic carbocycles. The summed E-state index contributed by atoms with van der Waals surface area (Å²) in [6.07, 6.45) is 15.5. The van der Waals surface area contributed by atoms with E-state index in [0.717, 1.165) is 96.7 Å². The summed E-state index contributed by atoms with van der Waals surface area (Å²) < 4.78 is 13.5. The van der Waals surface area contributed by atoms with Gasteiger partial charge in [0.15, 0.2) is 0 Å². The first kappa shape index (κ1) is 65.5. The number of aryl methyl sites for hydroxylation is 1. The van der Waals surface area contributed by atoms with Crippen molar-refractivity contribution in [1.82, 2.24) is 40.9 Å². The SMILES string of the molecule is CC(C)c1ncncc1-c1cc(C(=O)NC(C)(C)C2CC2)cc(-c2ccc(Cl)cc2)c1.CC(C)c1ncncc1-c1cc(C(=O)NC(C)(C)C2CC2)cc(-c2ccc(F)cc2)c1.Cc1ncccc1-c1cc(C(=O)NC(C)(C)C2CC2)cc(-c2ccc(Cl)cc2)c1. The van der Waals surface area contributed by atoms with E-state index in [4.69, 9.17) is 23.2 Å². The molecule has 6 aromatic carbocycles. The first-order chi connectivity index (χ1) is 43.3. The average molecular weight is 1260 g/mol. The lowest BCUT2D eigenvalue weighted by Crippen LogP contribution is -2.45. The van der Waals surface area contributed by atoms with E-state index < -0.39 is 0 Å². The second-order valence-electron chi connectivity index (χ2n) is 26.9. The largest absolute Gasteiger partial charge is 0.347 e. The van der Waals surface area contributed by atoms with Gasteiger partial charge in [-0.3, -0.25) is 19.4 Å². The zero-order chi connectivity index (χ0) is 64.9. The molecule has 12 rings (SSSR count). The third-order valence-electron chi connectivity index (χ3n) is 17.7. The van der Waals surface area contributed by atoms with Crippen LogP contribution >= 0.6 is 23.2 Å². The number of hydrogen-bond donors (Lipinski definition) is 3. The molecule has 14 heteroatoms. The highest BCUT2D eigenvalue weighted by Gasteiger charge is 2.41. The molecule has 468 valence electrons. The third kappa shape index (κ3) is 16.6. The number of carbonyl (C=O) groups excluding carboxylic acids is 3. The normalized spacial score (nSPS) is 14.0. The average Bonchev–Trinajstić information content (AvgIpc) is 1.60. The number of rotatable bonds is 17. The van der Waals surface area contributed by atoms with E-state index in [0.29, 0.717) is 44.5 Å². The number of halogens is 3. The van der Waals surface area contributed by atoms with Gasteiger partial charge in [-0.05, 0) is 264 Å². The predicted molar refractivity (Wildman–Crippen MR) is 367 cm³/mol. The summed E-state index contributed by atoms with van der Waals surface area (Å²) in [5.41, 5.74) is 15.4. The van der Waals surface area contributed by atoms with E-state index >= 15 is 0 Å². The molecule has 3 aliphatic rings. The maximum atomic E-state index is 13.5. The fourth-order valence-electron chi connectivity index (χ4n) is 11.8. The van der Waals surface area contributed by atoms with Gasteiger partial charge in [0.2, 0.25) is 0 Å². The highest BCUT2D eigenvalue weighted by Crippen LogP contribution is 2.43. The van der Waals surface area contributed by atoms with Crippen molar-refractivity contribution >= 4 is 40.9 Å². The summed E-state index contributed by atoms with van der Waals surface area (Å²) in [6, 6.07) is 43.5. The Morgan fingerprint density at radius 3 is 1.08 bits per heavy atom. The number of carbonyl (C=O) groups is 3. The standard InChI is InChI=1S/C26H28ClN3O.C26H28FN3O.C25H25ClN2O/c2*1-16(2)24-23(14-28-15-29-24)19-11-18(17-5-9-22(27)10-6-17)12-20(13-19)25(31)30-26(3,4)21-7-8-21;1-16-23(5-4-12-27-16)19-13-18(17-6-10-22(26)11-7-17)14-20(15-19)24(29)28-25(2,3)21-8-9-21/h2*5-6,9-16,21H,7-8H2,1-4H3,(H,30,31);4-7,10-15,21H,8-9H2,1-3H3,(H,28,29). The molecule has 0 saturated heterocycles. The van der Waals surface area contributed by atoms with Crippen LogP contribution in [0.2, 0.25) is 10.0 Å². The Balaban J connectivity index is 0.000000150. The maximum absolute atomic E-state index is 13.5. The molecule has 3 N–H and O–H groups in total. The van der Waals surface area contributed by atoms with Gasteiger partial charge in [0.1, 0.15) is 18.5 Å². The number of aromatic nitrogens is 5. The van der Waals surface area contributed by atoms with Crippen molar-refractivity contribution in [1.29, 1.82) is 0 Å². The summed E-state index contributed by atoms with van der Waals surface area (Å²) in [5, 5.41) is 11.1. The Morgan fingerprint density at radius 1 is 0.440 bits per heavy atom. The summed E-state index contributed by atoms with van der Waals surface area (Å²) in [4.78, 5) is 61.5. The van der Waals surface area contributed by atoms with Gasteiger partial charge in [-0.25, -0.2) is 24.3 Å². The number of hydrogen-bond acceptors (Lipinski definition) is 8. The molecule has 0 unspecified atom stereocenters. The number of pyridine rings is 1. The Bertz CT molecular complexity index is 3920. The molecule has 0 radical (unpaired) electrons. The third-order valence-corrected chi connectivity index (χ3v) is 18.2. The molecule has 0 aliphatic heterocycles. The monoisotopic (exact) mass is 1250 g/mol. The maximum Gasteiger partial charge on any atom is 0.251 e. The van der Waals surface area contributed by atoms with E-state index in [1.807, 2.05) is 116 Å². The molecule has 3 heterocycles. The Morgan fingerprint density at radius 2 is 0.758 bits per heavy atom. The van der Waals surface area contributed by atoms with Crippen molar-refractivity contribution in [3.63, 3.8) is 0 Å². The molecule has 0 spiro atoms. The molecular formula is C77H81Cl2FN8O3. The van der Waals surface area contributed by atoms with E-state index in [-0.39, 0.29) is 52.0 Å². The molecule has 0 bridgehead atoms. The van der Waals surface area contributed by atoms with Crippen LogP contribution in [0.15, 0.2) is 171 Å². The zero-order valence-electron chi connectivity index (χ0n) is 53.9. The zero-order valence-corrected chi connectivity index (χ0v) is 55.4. The van der Waals surface area contributed by atoms with Crippen LogP contribution in [-0.4, -0.2) is 59.3 Å². The van der Waals surface area contributed by atoms with Crippen molar-refractivity contribution in [3.8, 4) is 66.8 Å². The predicted octanol–water partition coefficient (Wildman–Crippen LogP) is 18.8. The second kappa shape index (κ2) is 27.6. The van der Waals surface area contributed by atoms with Gasteiger partial charge in [0, 0.05) is 84.3 Å². The van der Waals surface area contributed by atoms with Crippen LogP contribution in [0.3, 0.4) is 0 Å². The van der Waals surface area contributed by atoms with Crippen molar-refractivity contribution < 1.29 is 18.8 Å². The van der Waals surface area contributed by atoms with Gasteiger partial charge in [-0.2, -0.15) is 0 Å². The minimum Gasteiger partial charge on any atom is -0.347 e. The van der Waals surface area contributed by atoms with Crippen LogP contribution in [0, 0.1) is 30.5 Å². The van der Waals surface area contributed by atoms with Crippen molar-refractivity contribution in [3.05, 3.63) is 220 Å². The van der Waals surface area contributed by atoms with Crippen LogP contribution in [0.4, 0.5) is 4.39 Å². The number of nitrogens with zero attached hydrogens (tertiary/aromatic N) is 5. The molecular weight excluding hydrogens is 1170 g/mol. The van der Waals surface area contributed by atoms with E-state index in [2.05, 4.69) is 122 Å². The summed E-state index contributed by atoms with van der Waals surface area (Å²) in [7, 11) is 0. The number of amides is 3. The topological polar surface area (TPSA) is 152 Å². The van der Waals surface area contributed by atoms with E-state index in [9.17, 15) is 18.8 Å². The molecule has 3 saturated carbocycles.